The van der Waals surface area contributed by atoms with E-state index in [1.165, 1.54) is 0 Å². The van der Waals surface area contributed by atoms with Crippen LogP contribution in [-0.4, -0.2) is 27.4 Å². The molecule has 1 amide bonds. The number of rotatable bonds is 5. The van der Waals surface area contributed by atoms with Crippen molar-refractivity contribution >= 4 is 5.91 Å². The van der Waals surface area contributed by atoms with Gasteiger partial charge in [-0.25, -0.2) is 4.98 Å². The van der Waals surface area contributed by atoms with Crippen LogP contribution in [0.2, 0.25) is 0 Å². The normalized spacial score (nSPS) is 10.5. The van der Waals surface area contributed by atoms with Crippen molar-refractivity contribution in [2.45, 2.75) is 26.7 Å². The van der Waals surface area contributed by atoms with Crippen LogP contribution in [0.1, 0.15) is 33.9 Å². The average molecular weight is 274 g/mol. The maximum atomic E-state index is 12.0. The monoisotopic (exact) mass is 274 g/mol. The molecule has 0 aliphatic rings. The van der Waals surface area contributed by atoms with Crippen LogP contribution in [0.3, 0.4) is 0 Å². The maximum absolute atomic E-state index is 12.0. The van der Waals surface area contributed by atoms with Crippen molar-refractivity contribution in [1.82, 2.24) is 20.3 Å². The minimum atomic E-state index is -0.342. The van der Waals surface area contributed by atoms with E-state index in [9.17, 15) is 9.59 Å². The van der Waals surface area contributed by atoms with Gasteiger partial charge >= 0.3 is 0 Å². The minimum Gasteiger partial charge on any atom is -0.352 e. The molecular formula is C14H18N4O2. The molecule has 0 aromatic carbocycles. The van der Waals surface area contributed by atoms with E-state index < -0.39 is 0 Å². The van der Waals surface area contributed by atoms with Crippen LogP contribution in [-0.2, 0) is 6.42 Å². The number of aryl methyl sites for hydroxylation is 3. The highest BCUT2D eigenvalue weighted by Gasteiger charge is 2.13. The van der Waals surface area contributed by atoms with Crippen LogP contribution in [0, 0.1) is 13.8 Å². The second-order valence-electron chi connectivity index (χ2n) is 4.73. The van der Waals surface area contributed by atoms with Crippen LogP contribution in [0.15, 0.2) is 23.3 Å². The van der Waals surface area contributed by atoms with Gasteiger partial charge in [0.15, 0.2) is 0 Å². The summed E-state index contributed by atoms with van der Waals surface area (Å²) in [5.41, 5.74) is 1.29. The van der Waals surface area contributed by atoms with E-state index in [0.29, 0.717) is 12.1 Å². The van der Waals surface area contributed by atoms with E-state index in [2.05, 4.69) is 20.3 Å². The Morgan fingerprint density at radius 2 is 2.20 bits per heavy atom. The number of aromatic nitrogens is 3. The summed E-state index contributed by atoms with van der Waals surface area (Å²) in [5, 5.41) is 2.76. The second-order valence-corrected chi connectivity index (χ2v) is 4.73. The van der Waals surface area contributed by atoms with Gasteiger partial charge in [0, 0.05) is 31.1 Å². The number of hydrogen-bond donors (Lipinski definition) is 3. The van der Waals surface area contributed by atoms with Gasteiger partial charge in [0.05, 0.1) is 0 Å². The molecule has 0 saturated carbocycles. The van der Waals surface area contributed by atoms with E-state index in [1.807, 2.05) is 0 Å². The van der Waals surface area contributed by atoms with Crippen molar-refractivity contribution in [3.8, 4) is 0 Å². The molecule has 0 spiro atoms. The van der Waals surface area contributed by atoms with Crippen molar-refractivity contribution in [2.75, 3.05) is 6.54 Å². The van der Waals surface area contributed by atoms with Crippen molar-refractivity contribution < 1.29 is 4.79 Å². The minimum absolute atomic E-state index is 0.189. The summed E-state index contributed by atoms with van der Waals surface area (Å²) in [6.45, 7) is 4.06. The summed E-state index contributed by atoms with van der Waals surface area (Å²) < 4.78 is 0. The lowest BCUT2D eigenvalue weighted by atomic mass is 10.1. The van der Waals surface area contributed by atoms with E-state index in [0.717, 1.165) is 24.4 Å². The summed E-state index contributed by atoms with van der Waals surface area (Å²) in [5.74, 6) is 0.562. The summed E-state index contributed by atoms with van der Waals surface area (Å²) in [7, 11) is 0. The van der Waals surface area contributed by atoms with Gasteiger partial charge in [-0.2, -0.15) is 0 Å². The molecule has 6 heteroatoms. The molecule has 2 aromatic rings. The molecule has 0 radical (unpaired) electrons. The van der Waals surface area contributed by atoms with Gasteiger partial charge in [0.2, 0.25) is 0 Å². The Labute approximate surface area is 116 Å². The molecule has 0 aliphatic heterocycles. The van der Waals surface area contributed by atoms with Gasteiger partial charge in [0.1, 0.15) is 11.4 Å². The van der Waals surface area contributed by atoms with E-state index >= 15 is 0 Å². The third-order valence-electron chi connectivity index (χ3n) is 3.02. The van der Waals surface area contributed by atoms with E-state index in [1.54, 1.807) is 32.3 Å². The molecule has 0 bridgehead atoms. The van der Waals surface area contributed by atoms with Crippen LogP contribution < -0.4 is 10.9 Å². The first-order valence-corrected chi connectivity index (χ1v) is 6.55. The van der Waals surface area contributed by atoms with Gasteiger partial charge < -0.3 is 15.3 Å². The topological polar surface area (TPSA) is 90.6 Å². The molecule has 106 valence electrons. The zero-order valence-corrected chi connectivity index (χ0v) is 11.6. The third-order valence-corrected chi connectivity index (χ3v) is 3.02. The molecular weight excluding hydrogens is 256 g/mol. The molecule has 0 saturated heterocycles. The molecule has 3 N–H and O–H groups in total. The van der Waals surface area contributed by atoms with Crippen LogP contribution in [0.25, 0.3) is 0 Å². The van der Waals surface area contributed by atoms with Crippen molar-refractivity contribution in [1.29, 1.82) is 0 Å². The summed E-state index contributed by atoms with van der Waals surface area (Å²) in [6.07, 6.45) is 4.99. The fourth-order valence-electron chi connectivity index (χ4n) is 2.12. The summed E-state index contributed by atoms with van der Waals surface area (Å²) >= 11 is 0. The molecule has 6 nitrogen and oxygen atoms in total. The lowest BCUT2D eigenvalue weighted by Gasteiger charge is -2.07. The SMILES string of the molecule is Cc1cc(C)c(C(=O)NCCCc2ncc[nH]2)c(=O)[nH]1. The molecule has 2 aromatic heterocycles. The zero-order valence-electron chi connectivity index (χ0n) is 11.6. The summed E-state index contributed by atoms with van der Waals surface area (Å²) in [6, 6.07) is 1.79. The van der Waals surface area contributed by atoms with Crippen molar-refractivity contribution in [3.05, 3.63) is 51.5 Å². The Balaban J connectivity index is 1.91. The van der Waals surface area contributed by atoms with Gasteiger partial charge in [0.25, 0.3) is 11.5 Å². The van der Waals surface area contributed by atoms with Gasteiger partial charge in [-0.15, -0.1) is 0 Å². The average Bonchev–Trinajstić information content (AvgIpc) is 2.86. The lowest BCUT2D eigenvalue weighted by molar-refractivity contribution is 0.0951. The predicted octanol–water partition coefficient (Wildman–Crippen LogP) is 1.08. The zero-order chi connectivity index (χ0) is 14.5. The molecule has 20 heavy (non-hydrogen) atoms. The Morgan fingerprint density at radius 3 is 2.85 bits per heavy atom. The highest BCUT2D eigenvalue weighted by atomic mass is 16.2. The molecule has 2 heterocycles. The first-order valence-electron chi connectivity index (χ1n) is 6.55. The van der Waals surface area contributed by atoms with Crippen LogP contribution in [0.5, 0.6) is 0 Å². The predicted molar refractivity (Wildman–Crippen MR) is 75.8 cm³/mol. The molecule has 2 rings (SSSR count). The molecule has 0 atom stereocenters. The lowest BCUT2D eigenvalue weighted by Crippen LogP contribution is -2.31. The highest BCUT2D eigenvalue weighted by molar-refractivity contribution is 5.95. The fraction of sp³-hybridized carbons (Fsp3) is 0.357. The molecule has 0 aliphatic carbocycles. The smallest absolute Gasteiger partial charge is 0.261 e. The standard InChI is InChI=1S/C14H18N4O2/c1-9-8-10(2)18-14(20)12(9)13(19)17-5-3-4-11-15-6-7-16-11/h6-8H,3-5H2,1-2H3,(H,15,16)(H,17,19)(H,18,20). The third kappa shape index (κ3) is 3.34. The number of carbonyl (C=O) groups excluding carboxylic acids is 1. The van der Waals surface area contributed by atoms with Gasteiger partial charge in [-0.1, -0.05) is 0 Å². The number of aromatic amines is 2. The van der Waals surface area contributed by atoms with E-state index in [-0.39, 0.29) is 17.0 Å². The Morgan fingerprint density at radius 1 is 1.40 bits per heavy atom. The maximum Gasteiger partial charge on any atom is 0.261 e. The molecule has 0 unspecified atom stereocenters. The fourth-order valence-corrected chi connectivity index (χ4v) is 2.12. The second kappa shape index (κ2) is 6.18. The Hall–Kier alpha value is -2.37. The first kappa shape index (κ1) is 14.0. The number of hydrogen-bond acceptors (Lipinski definition) is 3. The van der Waals surface area contributed by atoms with Gasteiger partial charge in [-0.3, -0.25) is 9.59 Å². The number of H-pyrrole nitrogens is 2. The number of nitrogens with zero attached hydrogens (tertiary/aromatic N) is 1. The van der Waals surface area contributed by atoms with Crippen LogP contribution in [0.4, 0.5) is 0 Å². The highest BCUT2D eigenvalue weighted by Crippen LogP contribution is 2.03. The number of nitrogens with one attached hydrogen (secondary N) is 3. The number of carbonyl (C=O) groups is 1. The quantitative estimate of drug-likeness (QED) is 0.712. The summed E-state index contributed by atoms with van der Waals surface area (Å²) in [4.78, 5) is 33.5. The number of amides is 1. The first-order chi connectivity index (χ1) is 9.58. The van der Waals surface area contributed by atoms with E-state index in [4.69, 9.17) is 0 Å². The van der Waals surface area contributed by atoms with Gasteiger partial charge in [-0.05, 0) is 31.9 Å². The Kier molecular flexibility index (Phi) is 4.34. The molecule has 0 fully saturated rings. The largest absolute Gasteiger partial charge is 0.352 e. The van der Waals surface area contributed by atoms with Crippen molar-refractivity contribution in [3.63, 3.8) is 0 Å². The number of pyridine rings is 1. The Bertz CT molecular complexity index is 644. The van der Waals surface area contributed by atoms with Crippen molar-refractivity contribution in [2.24, 2.45) is 0 Å². The number of imidazole rings is 1. The van der Waals surface area contributed by atoms with Crippen LogP contribution >= 0.6 is 0 Å².